The molecule has 3 nitrogen and oxygen atoms in total. The van der Waals surface area contributed by atoms with Crippen LogP contribution >= 0.6 is 35.0 Å². The highest BCUT2D eigenvalue weighted by Gasteiger charge is 2.21. The van der Waals surface area contributed by atoms with Gasteiger partial charge in [-0.15, -0.1) is 35.0 Å². The predicted molar refractivity (Wildman–Crippen MR) is 48.4 cm³/mol. The van der Waals surface area contributed by atoms with Crippen LogP contribution in [0.15, 0.2) is 0 Å². The van der Waals surface area contributed by atoms with Crippen LogP contribution in [0.3, 0.4) is 0 Å². The monoisotopic (exact) mass is 217 g/mol. The van der Waals surface area contributed by atoms with Crippen molar-refractivity contribution >= 4 is 40.9 Å². The summed E-state index contributed by atoms with van der Waals surface area (Å²) in [7, 11) is 0. The van der Waals surface area contributed by atoms with Gasteiger partial charge in [0.05, 0.1) is 10.6 Å². The van der Waals surface area contributed by atoms with Gasteiger partial charge in [-0.25, -0.2) is 0 Å². The average Bonchev–Trinajstić information content (AvgIpc) is 1.98. The second kappa shape index (κ2) is 5.94. The van der Waals surface area contributed by atoms with E-state index in [0.717, 1.165) is 0 Å². The van der Waals surface area contributed by atoms with Crippen LogP contribution in [-0.4, -0.2) is 33.5 Å². The third-order valence-corrected chi connectivity index (χ3v) is 2.85. The van der Waals surface area contributed by atoms with Crippen LogP contribution in [-0.2, 0) is 4.79 Å². The molecule has 0 heterocycles. The Bertz CT molecular complexity index is 136. The van der Waals surface area contributed by atoms with E-state index in [1.165, 1.54) is 11.8 Å². The molecule has 0 radical (unpaired) electrons. The highest BCUT2D eigenvalue weighted by atomic mass is 35.5. The van der Waals surface area contributed by atoms with E-state index in [2.05, 4.69) is 0 Å². The molecule has 0 aromatic rings. The Morgan fingerprint density at radius 2 is 2.27 bits per heavy atom. The normalized spacial score (nSPS) is 15.9. The molecule has 11 heavy (non-hydrogen) atoms. The number of rotatable bonds is 5. The van der Waals surface area contributed by atoms with Crippen LogP contribution in [0.25, 0.3) is 0 Å². The molecule has 0 aromatic heterocycles. The van der Waals surface area contributed by atoms with Crippen molar-refractivity contribution in [1.82, 2.24) is 0 Å². The number of carbonyl (C=O) groups is 1. The molecule has 0 saturated carbocycles. The van der Waals surface area contributed by atoms with E-state index >= 15 is 0 Å². The summed E-state index contributed by atoms with van der Waals surface area (Å²) in [6.07, 6.45) is 0. The Balaban J connectivity index is 3.63. The molecule has 0 aromatic carbocycles. The lowest BCUT2D eigenvalue weighted by molar-refractivity contribution is -0.138. The second-order valence-electron chi connectivity index (χ2n) is 1.86. The van der Waals surface area contributed by atoms with Crippen molar-refractivity contribution in [2.24, 2.45) is 5.73 Å². The number of hydrogen-bond acceptors (Lipinski definition) is 3. The van der Waals surface area contributed by atoms with Crippen molar-refractivity contribution in [2.75, 3.05) is 11.0 Å². The Morgan fingerprint density at radius 3 is 2.64 bits per heavy atom. The lowest BCUT2D eigenvalue weighted by Crippen LogP contribution is -2.40. The Hall–Kier alpha value is 0.360. The number of hydrogen-bond donors (Lipinski definition) is 2. The van der Waals surface area contributed by atoms with Crippen LogP contribution in [0.5, 0.6) is 0 Å². The van der Waals surface area contributed by atoms with E-state index in [4.69, 9.17) is 34.0 Å². The molecule has 0 rings (SSSR count). The molecule has 3 N–H and O–H groups in total. The lowest BCUT2D eigenvalue weighted by atomic mass is 10.2. The van der Waals surface area contributed by atoms with E-state index in [1.54, 1.807) is 0 Å². The third kappa shape index (κ3) is 4.74. The minimum Gasteiger partial charge on any atom is -0.480 e. The highest BCUT2D eigenvalue weighted by molar-refractivity contribution is 8.00. The molecule has 0 bridgehead atoms. The van der Waals surface area contributed by atoms with Gasteiger partial charge in [0.1, 0.15) is 6.04 Å². The molecular formula is C5H9Cl2NO2S. The van der Waals surface area contributed by atoms with E-state index < -0.39 is 17.4 Å². The van der Waals surface area contributed by atoms with Gasteiger partial charge in [0, 0.05) is 5.75 Å². The van der Waals surface area contributed by atoms with Gasteiger partial charge < -0.3 is 10.8 Å². The van der Waals surface area contributed by atoms with Gasteiger partial charge in [0.25, 0.3) is 0 Å². The average molecular weight is 218 g/mol. The summed E-state index contributed by atoms with van der Waals surface area (Å²) in [5, 5.41) is 8.24. The van der Waals surface area contributed by atoms with Crippen molar-refractivity contribution in [3.8, 4) is 0 Å². The summed E-state index contributed by atoms with van der Waals surface area (Å²) in [6, 6.07) is -1.01. The fourth-order valence-corrected chi connectivity index (χ4v) is 1.58. The maximum atomic E-state index is 10.3. The number of carboxylic acids is 1. The lowest BCUT2D eigenvalue weighted by Gasteiger charge is -2.11. The van der Waals surface area contributed by atoms with Crippen molar-refractivity contribution in [2.45, 2.75) is 11.4 Å². The van der Waals surface area contributed by atoms with Crippen molar-refractivity contribution in [3.05, 3.63) is 0 Å². The summed E-state index contributed by atoms with van der Waals surface area (Å²) >= 11 is 12.3. The maximum Gasteiger partial charge on any atom is 0.322 e. The molecule has 0 fully saturated rings. The SMILES string of the molecule is NC(C(=O)O)C(Cl)CSCCl. The van der Waals surface area contributed by atoms with Gasteiger partial charge in [0.15, 0.2) is 0 Å². The molecule has 0 aliphatic carbocycles. The van der Waals surface area contributed by atoms with E-state index in [-0.39, 0.29) is 0 Å². The van der Waals surface area contributed by atoms with Crippen LogP contribution in [0.4, 0.5) is 0 Å². The van der Waals surface area contributed by atoms with Crippen molar-refractivity contribution in [3.63, 3.8) is 0 Å². The van der Waals surface area contributed by atoms with Crippen LogP contribution in [0, 0.1) is 0 Å². The Labute approximate surface area is 79.2 Å². The van der Waals surface area contributed by atoms with Gasteiger partial charge in [-0.05, 0) is 0 Å². The summed E-state index contributed by atoms with van der Waals surface area (Å²) in [5.74, 6) is -0.626. The molecule has 0 spiro atoms. The first kappa shape index (κ1) is 11.4. The minimum absolute atomic E-state index is 0.398. The van der Waals surface area contributed by atoms with Crippen LogP contribution in [0.2, 0.25) is 0 Å². The van der Waals surface area contributed by atoms with Crippen molar-refractivity contribution < 1.29 is 9.90 Å². The molecule has 66 valence electrons. The van der Waals surface area contributed by atoms with Gasteiger partial charge in [-0.1, -0.05) is 0 Å². The van der Waals surface area contributed by atoms with Crippen LogP contribution in [0.1, 0.15) is 0 Å². The number of nitrogens with two attached hydrogens (primary N) is 1. The predicted octanol–water partition coefficient (Wildman–Crippen LogP) is 0.935. The summed E-state index contributed by atoms with van der Waals surface area (Å²) in [5.41, 5.74) is 5.21. The minimum atomic E-state index is -1.08. The Kier molecular flexibility index (Phi) is 6.14. The fourth-order valence-electron chi connectivity index (χ4n) is 0.416. The summed E-state index contributed by atoms with van der Waals surface area (Å²) in [4.78, 5) is 10.3. The van der Waals surface area contributed by atoms with E-state index in [1.807, 2.05) is 0 Å². The van der Waals surface area contributed by atoms with Gasteiger partial charge in [-0.2, -0.15) is 0 Å². The highest BCUT2D eigenvalue weighted by Crippen LogP contribution is 2.11. The topological polar surface area (TPSA) is 63.3 Å². The molecule has 2 unspecified atom stereocenters. The quantitative estimate of drug-likeness (QED) is 0.674. The molecule has 6 heteroatoms. The van der Waals surface area contributed by atoms with Crippen LogP contribution < -0.4 is 5.73 Å². The maximum absolute atomic E-state index is 10.3. The molecule has 2 atom stereocenters. The number of aliphatic carboxylic acids is 1. The van der Waals surface area contributed by atoms with E-state index in [0.29, 0.717) is 11.0 Å². The first-order valence-corrected chi connectivity index (χ1v) is 4.98. The number of halogens is 2. The van der Waals surface area contributed by atoms with Gasteiger partial charge >= 0.3 is 5.97 Å². The zero-order valence-corrected chi connectivity index (χ0v) is 7.99. The molecule has 0 aliphatic heterocycles. The Morgan fingerprint density at radius 1 is 1.73 bits per heavy atom. The summed E-state index contributed by atoms with van der Waals surface area (Å²) < 4.78 is 0. The fraction of sp³-hybridized carbons (Fsp3) is 0.800. The number of alkyl halides is 2. The first-order valence-electron chi connectivity index (χ1n) is 2.85. The standard InChI is InChI=1S/C5H9Cl2NO2S/c6-2-11-1-3(7)4(8)5(9)10/h3-4H,1-2,8H2,(H,9,10). The zero-order chi connectivity index (χ0) is 8.85. The largest absolute Gasteiger partial charge is 0.480 e. The van der Waals surface area contributed by atoms with Crippen molar-refractivity contribution in [1.29, 1.82) is 0 Å². The number of thioether (sulfide) groups is 1. The smallest absolute Gasteiger partial charge is 0.322 e. The third-order valence-electron chi connectivity index (χ3n) is 1.03. The second-order valence-corrected chi connectivity index (χ2v) is 4.03. The number of carboxylic acid groups (broad SMARTS) is 1. The molecule has 0 saturated heterocycles. The molecular weight excluding hydrogens is 209 g/mol. The summed E-state index contributed by atoms with van der Waals surface area (Å²) in [6.45, 7) is 0. The molecule has 0 amide bonds. The molecule has 0 aliphatic rings. The zero-order valence-electron chi connectivity index (χ0n) is 5.67. The van der Waals surface area contributed by atoms with Gasteiger partial charge in [0.2, 0.25) is 0 Å². The first-order chi connectivity index (χ1) is 5.09. The van der Waals surface area contributed by atoms with Gasteiger partial charge in [-0.3, -0.25) is 4.79 Å². The van der Waals surface area contributed by atoms with E-state index in [9.17, 15) is 4.79 Å².